The van der Waals surface area contributed by atoms with Crippen molar-refractivity contribution in [1.29, 1.82) is 0 Å². The van der Waals surface area contributed by atoms with Crippen molar-refractivity contribution in [3.63, 3.8) is 0 Å². The Bertz CT molecular complexity index is 1360. The highest BCUT2D eigenvalue weighted by atomic mass is 32.2. The maximum absolute atomic E-state index is 12.6. The van der Waals surface area contributed by atoms with Gasteiger partial charge >= 0.3 is 5.97 Å². The molecule has 0 aliphatic rings. The van der Waals surface area contributed by atoms with Crippen LogP contribution in [0.15, 0.2) is 75.1 Å². The quantitative estimate of drug-likeness (QED) is 0.226. The molecular formula is C23H20N2O4S4. The number of ether oxygens (including phenoxy) is 1. The van der Waals surface area contributed by atoms with Gasteiger partial charge in [0.1, 0.15) is 9.88 Å². The van der Waals surface area contributed by atoms with Gasteiger partial charge in [-0.25, -0.2) is 18.2 Å². The van der Waals surface area contributed by atoms with Crippen LogP contribution in [0.25, 0.3) is 11.3 Å². The summed E-state index contributed by atoms with van der Waals surface area (Å²) in [6.07, 6.45) is 0. The molecule has 6 nitrogen and oxygen atoms in total. The molecule has 0 amide bonds. The minimum absolute atomic E-state index is 0.225. The molecule has 0 atom stereocenters. The van der Waals surface area contributed by atoms with Crippen molar-refractivity contribution in [2.45, 2.75) is 22.5 Å². The smallest absolute Gasteiger partial charge is 0.348 e. The van der Waals surface area contributed by atoms with E-state index in [9.17, 15) is 13.2 Å². The number of aryl methyl sites for hydroxylation is 1. The number of esters is 1. The molecule has 0 radical (unpaired) electrons. The Morgan fingerprint density at radius 1 is 1.06 bits per heavy atom. The number of aromatic nitrogens is 1. The van der Waals surface area contributed by atoms with E-state index in [1.165, 1.54) is 18.4 Å². The van der Waals surface area contributed by atoms with E-state index in [0.29, 0.717) is 16.3 Å². The average Bonchev–Trinajstić information content (AvgIpc) is 3.47. The van der Waals surface area contributed by atoms with Crippen LogP contribution in [0, 0.1) is 6.92 Å². The third-order valence-corrected chi connectivity index (χ3v) is 9.12. The van der Waals surface area contributed by atoms with Crippen LogP contribution < -0.4 is 4.72 Å². The number of rotatable bonds is 8. The number of carbonyl (C=O) groups is 1. The van der Waals surface area contributed by atoms with Crippen LogP contribution in [-0.4, -0.2) is 26.5 Å². The fourth-order valence-electron chi connectivity index (χ4n) is 2.90. The summed E-state index contributed by atoms with van der Waals surface area (Å²) in [5, 5.41) is 4.88. The highest BCUT2D eigenvalue weighted by Gasteiger charge is 2.14. The Morgan fingerprint density at radius 3 is 2.48 bits per heavy atom. The molecule has 2 heterocycles. The number of benzene rings is 2. The molecule has 10 heteroatoms. The van der Waals surface area contributed by atoms with E-state index in [4.69, 9.17) is 4.74 Å². The normalized spacial score (nSPS) is 11.3. The zero-order valence-electron chi connectivity index (χ0n) is 17.8. The number of carbonyl (C=O) groups excluding carboxylic acids is 1. The van der Waals surface area contributed by atoms with Gasteiger partial charge in [-0.3, -0.25) is 4.72 Å². The topological polar surface area (TPSA) is 85.4 Å². The van der Waals surface area contributed by atoms with Gasteiger partial charge < -0.3 is 4.74 Å². The highest BCUT2D eigenvalue weighted by molar-refractivity contribution is 7.98. The fraction of sp³-hybridized carbons (Fsp3) is 0.130. The summed E-state index contributed by atoms with van der Waals surface area (Å²) in [7, 11) is -2.26. The molecule has 4 rings (SSSR count). The molecule has 0 saturated carbocycles. The summed E-state index contributed by atoms with van der Waals surface area (Å²) < 4.78 is 32.5. The summed E-state index contributed by atoms with van der Waals surface area (Å²) in [6.45, 7) is 1.91. The number of thioether (sulfide) groups is 1. The lowest BCUT2D eigenvalue weighted by Gasteiger charge is -2.09. The van der Waals surface area contributed by atoms with Crippen molar-refractivity contribution in [3.8, 4) is 11.3 Å². The number of hydrogen-bond acceptors (Lipinski definition) is 8. The van der Waals surface area contributed by atoms with Gasteiger partial charge in [0.15, 0.2) is 0 Å². The number of nitrogens with zero attached hydrogens (tertiary/aromatic N) is 1. The lowest BCUT2D eigenvalue weighted by Crippen LogP contribution is -2.12. The molecule has 33 heavy (non-hydrogen) atoms. The van der Waals surface area contributed by atoms with Crippen LogP contribution in [0.4, 0.5) is 5.69 Å². The van der Waals surface area contributed by atoms with E-state index in [0.717, 1.165) is 26.7 Å². The molecule has 0 aliphatic carbocycles. The van der Waals surface area contributed by atoms with E-state index in [-0.39, 0.29) is 10.9 Å². The first-order chi connectivity index (χ1) is 15.8. The zero-order valence-corrected chi connectivity index (χ0v) is 21.0. The number of hydrogen-bond donors (Lipinski definition) is 1. The highest BCUT2D eigenvalue weighted by Crippen LogP contribution is 2.31. The molecule has 0 bridgehead atoms. The van der Waals surface area contributed by atoms with Crippen LogP contribution in [0.1, 0.15) is 20.2 Å². The number of methoxy groups -OCH3 is 1. The first-order valence-electron chi connectivity index (χ1n) is 9.78. The molecular weight excluding hydrogens is 497 g/mol. The number of sulfonamides is 1. The minimum Gasteiger partial charge on any atom is -0.465 e. The predicted molar refractivity (Wildman–Crippen MR) is 135 cm³/mol. The summed E-state index contributed by atoms with van der Waals surface area (Å²) >= 11 is 4.54. The van der Waals surface area contributed by atoms with Gasteiger partial charge in [-0.15, -0.1) is 34.4 Å². The van der Waals surface area contributed by atoms with E-state index < -0.39 is 10.0 Å². The van der Waals surface area contributed by atoms with Crippen molar-refractivity contribution in [1.82, 2.24) is 4.98 Å². The van der Waals surface area contributed by atoms with Crippen molar-refractivity contribution in [3.05, 3.63) is 80.8 Å². The van der Waals surface area contributed by atoms with Gasteiger partial charge in [0.2, 0.25) is 0 Å². The molecule has 170 valence electrons. The Morgan fingerprint density at radius 2 is 1.79 bits per heavy atom. The van der Waals surface area contributed by atoms with Gasteiger partial charge in [-0.05, 0) is 37.3 Å². The zero-order chi connectivity index (χ0) is 23.4. The molecule has 2 aromatic heterocycles. The number of anilines is 1. The molecule has 0 saturated heterocycles. The average molecular weight is 517 g/mol. The first kappa shape index (κ1) is 23.5. The number of nitrogens with one attached hydrogen (secondary N) is 1. The summed E-state index contributed by atoms with van der Waals surface area (Å²) in [5.41, 5.74) is 3.23. The third kappa shape index (κ3) is 5.83. The Labute approximate surface area is 204 Å². The van der Waals surface area contributed by atoms with Crippen molar-refractivity contribution >= 4 is 56.1 Å². The SMILES string of the molecule is COC(=O)c1cc(SCc2nc(-c3ccc(NS(=O)(=O)c4ccc(C)cc4)cc3)cs2)cs1. The molecule has 0 unspecified atom stereocenters. The summed E-state index contributed by atoms with van der Waals surface area (Å²) in [5.74, 6) is 0.365. The van der Waals surface area contributed by atoms with Gasteiger partial charge in [-0.1, -0.05) is 29.8 Å². The molecule has 1 N–H and O–H groups in total. The largest absolute Gasteiger partial charge is 0.465 e. The monoisotopic (exact) mass is 516 g/mol. The maximum Gasteiger partial charge on any atom is 0.348 e. The van der Waals surface area contributed by atoms with Crippen molar-refractivity contribution in [2.75, 3.05) is 11.8 Å². The van der Waals surface area contributed by atoms with Crippen molar-refractivity contribution in [2.24, 2.45) is 0 Å². The van der Waals surface area contributed by atoms with E-state index in [2.05, 4.69) is 9.71 Å². The molecule has 0 fully saturated rings. The second kappa shape index (κ2) is 10.1. The fourth-order valence-corrected chi connectivity index (χ4v) is 6.73. The lowest BCUT2D eigenvalue weighted by atomic mass is 10.1. The van der Waals surface area contributed by atoms with Crippen LogP contribution >= 0.6 is 34.4 Å². The van der Waals surface area contributed by atoms with Gasteiger partial charge in [0.25, 0.3) is 10.0 Å². The number of thiazole rings is 1. The minimum atomic E-state index is -3.64. The van der Waals surface area contributed by atoms with Crippen molar-refractivity contribution < 1.29 is 17.9 Å². The van der Waals surface area contributed by atoms with Gasteiger partial charge in [-0.2, -0.15) is 0 Å². The lowest BCUT2D eigenvalue weighted by molar-refractivity contribution is 0.0606. The van der Waals surface area contributed by atoms with Crippen LogP contribution in [0.5, 0.6) is 0 Å². The first-order valence-corrected chi connectivity index (χ1v) is 14.0. The Kier molecular flexibility index (Phi) is 7.18. The standard InChI is InChI=1S/C23H20N2O4S4/c1-15-3-9-19(10-4-15)33(27,28)25-17-7-5-16(6-8-17)20-13-32-22(24-20)14-30-18-11-21(31-12-18)23(26)29-2/h3-13,25H,14H2,1-2H3. The van der Waals surface area contributed by atoms with E-state index in [1.807, 2.05) is 35.9 Å². The van der Waals surface area contributed by atoms with Crippen LogP contribution in [-0.2, 0) is 20.5 Å². The second-order valence-electron chi connectivity index (χ2n) is 7.05. The van der Waals surface area contributed by atoms with E-state index in [1.54, 1.807) is 59.5 Å². The van der Waals surface area contributed by atoms with E-state index >= 15 is 0 Å². The Hall–Kier alpha value is -2.66. The molecule has 2 aromatic carbocycles. The molecule has 0 aliphatic heterocycles. The Balaban J connectivity index is 1.39. The summed E-state index contributed by atoms with van der Waals surface area (Å²) in [4.78, 5) is 18.1. The molecule has 4 aromatic rings. The van der Waals surface area contributed by atoms with Gasteiger partial charge in [0, 0.05) is 26.9 Å². The summed E-state index contributed by atoms with van der Waals surface area (Å²) in [6, 6.07) is 15.7. The number of thiophene rings is 1. The van der Waals surface area contributed by atoms with Gasteiger partial charge in [0.05, 0.1) is 23.5 Å². The maximum atomic E-state index is 12.6. The molecule has 0 spiro atoms. The predicted octanol–water partition coefficient (Wildman–Crippen LogP) is 6.06. The second-order valence-corrected chi connectivity index (χ2v) is 11.6. The van der Waals surface area contributed by atoms with Crippen LogP contribution in [0.2, 0.25) is 0 Å². The third-order valence-electron chi connectivity index (χ3n) is 4.64. The van der Waals surface area contributed by atoms with Crippen LogP contribution in [0.3, 0.4) is 0 Å².